The molecule has 7 heteroatoms. The van der Waals surface area contributed by atoms with E-state index in [1.54, 1.807) is 18.5 Å². The number of ether oxygens (including phenoxy) is 1. The Bertz CT molecular complexity index is 1040. The van der Waals surface area contributed by atoms with Gasteiger partial charge in [-0.3, -0.25) is 9.79 Å². The lowest BCUT2D eigenvalue weighted by molar-refractivity contribution is 0.0256. The molecule has 28 heavy (non-hydrogen) atoms. The molecule has 1 aliphatic heterocycles. The molecule has 0 unspecified atom stereocenters. The van der Waals surface area contributed by atoms with Crippen molar-refractivity contribution in [2.45, 2.75) is 6.54 Å². The number of aromatic nitrogens is 1. The number of morpholine rings is 1. The van der Waals surface area contributed by atoms with Gasteiger partial charge in [-0.2, -0.15) is 0 Å². The van der Waals surface area contributed by atoms with Crippen LogP contribution in [0.1, 0.15) is 5.56 Å². The van der Waals surface area contributed by atoms with Crippen LogP contribution in [0.4, 0.5) is 0 Å². The third kappa shape index (κ3) is 4.09. The molecule has 6 nitrogen and oxygen atoms in total. The van der Waals surface area contributed by atoms with E-state index >= 15 is 0 Å². The van der Waals surface area contributed by atoms with E-state index in [2.05, 4.69) is 10.4 Å². The van der Waals surface area contributed by atoms with Gasteiger partial charge in [-0.25, -0.2) is 5.01 Å². The van der Waals surface area contributed by atoms with Crippen LogP contribution < -0.4 is 10.9 Å². The van der Waals surface area contributed by atoms with Gasteiger partial charge in [0.2, 0.25) is 0 Å². The summed E-state index contributed by atoms with van der Waals surface area (Å²) in [4.78, 5) is 17.3. The highest BCUT2D eigenvalue weighted by atomic mass is 35.5. The van der Waals surface area contributed by atoms with E-state index in [4.69, 9.17) is 16.3 Å². The van der Waals surface area contributed by atoms with E-state index in [9.17, 15) is 4.79 Å². The molecule has 4 rings (SSSR count). The molecule has 0 atom stereocenters. The van der Waals surface area contributed by atoms with Crippen molar-refractivity contribution >= 4 is 28.8 Å². The van der Waals surface area contributed by atoms with Crippen LogP contribution in [-0.4, -0.2) is 42.2 Å². The average molecular weight is 397 g/mol. The van der Waals surface area contributed by atoms with Crippen LogP contribution in [0, 0.1) is 0 Å². The van der Waals surface area contributed by atoms with Crippen molar-refractivity contribution in [3.63, 3.8) is 0 Å². The summed E-state index contributed by atoms with van der Waals surface area (Å²) in [5, 5.41) is 3.26. The number of hydrogen-bond acceptors (Lipinski definition) is 4. The molecule has 0 spiro atoms. The van der Waals surface area contributed by atoms with Crippen molar-refractivity contribution in [1.29, 1.82) is 0 Å². The number of pyridine rings is 1. The lowest BCUT2D eigenvalue weighted by atomic mass is 10.1. The second kappa shape index (κ2) is 8.56. The highest BCUT2D eigenvalue weighted by molar-refractivity contribution is 6.31. The van der Waals surface area contributed by atoms with Gasteiger partial charge < -0.3 is 14.7 Å². The fraction of sp³-hybridized carbons (Fsp3) is 0.238. The summed E-state index contributed by atoms with van der Waals surface area (Å²) in [6.07, 6.45) is 3.49. The van der Waals surface area contributed by atoms with Crippen molar-refractivity contribution in [3.05, 3.63) is 75.5 Å². The molecular formula is C21H21ClN4O2. The minimum absolute atomic E-state index is 0.0256. The molecular weight excluding hydrogens is 376 g/mol. The number of rotatable bonds is 5. The summed E-state index contributed by atoms with van der Waals surface area (Å²) >= 11 is 6.19. The predicted octanol–water partition coefficient (Wildman–Crippen LogP) is 3.01. The first kappa shape index (κ1) is 18.7. The molecule has 1 N–H and O–H groups in total. The summed E-state index contributed by atoms with van der Waals surface area (Å²) in [6.45, 7) is 3.32. The number of hydrazine groups is 1. The lowest BCUT2D eigenvalue weighted by Crippen LogP contribution is -2.45. The Morgan fingerprint density at radius 1 is 1.14 bits per heavy atom. The SMILES string of the molecule is O=c1c(CN=CNN2CCOCC2)cn(-c2ccccc2)c2cc(Cl)ccc12. The van der Waals surface area contributed by atoms with Gasteiger partial charge >= 0.3 is 0 Å². The predicted molar refractivity (Wildman–Crippen MR) is 112 cm³/mol. The molecule has 144 valence electrons. The maximum absolute atomic E-state index is 12.9. The van der Waals surface area contributed by atoms with Crippen LogP contribution in [0.15, 0.2) is 64.5 Å². The third-order valence-electron chi connectivity index (χ3n) is 4.68. The van der Waals surface area contributed by atoms with Crippen LogP contribution in [0.2, 0.25) is 5.02 Å². The van der Waals surface area contributed by atoms with Crippen LogP contribution in [-0.2, 0) is 11.3 Å². The Hall–Kier alpha value is -2.67. The third-order valence-corrected chi connectivity index (χ3v) is 4.91. The van der Waals surface area contributed by atoms with E-state index < -0.39 is 0 Å². The number of nitrogens with one attached hydrogen (secondary N) is 1. The second-order valence-electron chi connectivity index (χ2n) is 6.55. The molecule has 3 aromatic rings. The highest BCUT2D eigenvalue weighted by Gasteiger charge is 2.11. The van der Waals surface area contributed by atoms with Gasteiger partial charge in [-0.15, -0.1) is 0 Å². The maximum atomic E-state index is 12.9. The average Bonchev–Trinajstić information content (AvgIpc) is 2.74. The monoisotopic (exact) mass is 396 g/mol. The van der Waals surface area contributed by atoms with Gasteiger partial charge in [0.15, 0.2) is 5.43 Å². The number of aliphatic imine (C=N–C) groups is 1. The number of fused-ring (bicyclic) bond motifs is 1. The Morgan fingerprint density at radius 2 is 1.93 bits per heavy atom. The van der Waals surface area contributed by atoms with Crippen LogP contribution in [0.25, 0.3) is 16.6 Å². The maximum Gasteiger partial charge on any atom is 0.194 e. The zero-order chi connectivity index (χ0) is 19.3. The number of hydrogen-bond donors (Lipinski definition) is 1. The molecule has 0 amide bonds. The van der Waals surface area contributed by atoms with Crippen molar-refractivity contribution in [1.82, 2.24) is 15.0 Å². The summed E-state index contributed by atoms with van der Waals surface area (Å²) in [6, 6.07) is 15.2. The van der Waals surface area contributed by atoms with Crippen LogP contribution >= 0.6 is 11.6 Å². The molecule has 2 heterocycles. The minimum atomic E-state index is -0.0256. The number of nitrogens with zero attached hydrogens (tertiary/aromatic N) is 3. The first-order valence-corrected chi connectivity index (χ1v) is 9.56. The Labute approximate surface area is 168 Å². The minimum Gasteiger partial charge on any atom is -0.379 e. The largest absolute Gasteiger partial charge is 0.379 e. The zero-order valence-corrected chi connectivity index (χ0v) is 16.1. The van der Waals surface area contributed by atoms with Gasteiger partial charge in [0, 0.05) is 40.9 Å². The first-order chi connectivity index (χ1) is 13.7. The molecule has 1 aliphatic rings. The van der Waals surface area contributed by atoms with Crippen molar-refractivity contribution < 1.29 is 4.74 Å². The molecule has 1 aromatic heterocycles. The summed E-state index contributed by atoms with van der Waals surface area (Å²) in [7, 11) is 0. The van der Waals surface area contributed by atoms with E-state index in [0.29, 0.717) is 35.7 Å². The standard InChI is InChI=1S/C21H21ClN4O2/c22-17-6-7-19-20(12-17)26(18-4-2-1-3-5-18)14-16(21(19)27)13-23-15-24-25-8-10-28-11-9-25/h1-7,12,14-15H,8-11,13H2,(H,23,24). The number of para-hydroxylation sites is 1. The Kier molecular flexibility index (Phi) is 5.71. The van der Waals surface area contributed by atoms with Gasteiger partial charge in [0.1, 0.15) is 0 Å². The summed E-state index contributed by atoms with van der Waals surface area (Å²) < 4.78 is 7.30. The van der Waals surface area contributed by atoms with E-state index in [-0.39, 0.29) is 5.43 Å². The first-order valence-electron chi connectivity index (χ1n) is 9.19. The fourth-order valence-corrected chi connectivity index (χ4v) is 3.39. The van der Waals surface area contributed by atoms with E-state index in [1.165, 1.54) is 0 Å². The molecule has 1 saturated heterocycles. The quantitative estimate of drug-likeness (QED) is 0.532. The molecule has 1 fully saturated rings. The number of halogens is 1. The summed E-state index contributed by atoms with van der Waals surface area (Å²) in [5.74, 6) is 0. The zero-order valence-electron chi connectivity index (χ0n) is 15.3. The summed E-state index contributed by atoms with van der Waals surface area (Å²) in [5.41, 5.74) is 5.48. The molecule has 2 aromatic carbocycles. The van der Waals surface area contributed by atoms with E-state index in [0.717, 1.165) is 24.3 Å². The van der Waals surface area contributed by atoms with Crippen molar-refractivity contribution in [2.75, 3.05) is 26.3 Å². The molecule has 0 saturated carbocycles. The molecule has 0 aliphatic carbocycles. The van der Waals surface area contributed by atoms with Crippen molar-refractivity contribution in [3.8, 4) is 5.69 Å². The van der Waals surface area contributed by atoms with Gasteiger partial charge in [-0.1, -0.05) is 29.8 Å². The van der Waals surface area contributed by atoms with Gasteiger partial charge in [-0.05, 0) is 30.3 Å². The van der Waals surface area contributed by atoms with Gasteiger partial charge in [0.25, 0.3) is 0 Å². The second-order valence-corrected chi connectivity index (χ2v) is 6.99. The molecule has 0 bridgehead atoms. The topological polar surface area (TPSA) is 58.9 Å². The molecule has 0 radical (unpaired) electrons. The Morgan fingerprint density at radius 3 is 2.71 bits per heavy atom. The Balaban J connectivity index is 1.65. The highest BCUT2D eigenvalue weighted by Crippen LogP contribution is 2.21. The van der Waals surface area contributed by atoms with Crippen LogP contribution in [0.3, 0.4) is 0 Å². The van der Waals surface area contributed by atoms with Gasteiger partial charge in [0.05, 0.1) is 31.6 Å². The fourth-order valence-electron chi connectivity index (χ4n) is 3.23. The smallest absolute Gasteiger partial charge is 0.194 e. The lowest BCUT2D eigenvalue weighted by Gasteiger charge is -2.25. The normalized spacial score (nSPS) is 15.3. The van der Waals surface area contributed by atoms with Crippen molar-refractivity contribution in [2.24, 2.45) is 4.99 Å². The van der Waals surface area contributed by atoms with E-state index in [1.807, 2.05) is 52.2 Å². The van der Waals surface area contributed by atoms with Crippen LogP contribution in [0.5, 0.6) is 0 Å². The number of benzene rings is 2.